The number of aromatic amines is 1. The molecule has 0 bridgehead atoms. The van der Waals surface area contributed by atoms with Gasteiger partial charge in [0.25, 0.3) is 5.56 Å². The molecule has 1 saturated heterocycles. The summed E-state index contributed by atoms with van der Waals surface area (Å²) in [6.07, 6.45) is 6.54. The number of fused-ring (bicyclic) bond motifs is 1. The van der Waals surface area contributed by atoms with Gasteiger partial charge in [-0.3, -0.25) is 14.6 Å². The standard InChI is InChI=1S/C29H34FN7O/c1-20-6-5-7-22-18-25(29(38)31-26(20)22)27(36-16-14-35(15-17-36)24-8-3-2-4-9-24)28-32-33-34-37(28)19-21-10-12-23(30)13-11-21/h5-7,10-13,18,24,27H,2-4,8-9,14-17,19H2,1H3,(H,31,38). The number of rotatable bonds is 6. The Bertz CT molecular complexity index is 1450. The highest BCUT2D eigenvalue weighted by Crippen LogP contribution is 2.30. The second-order valence-electron chi connectivity index (χ2n) is 10.7. The fourth-order valence-corrected chi connectivity index (χ4v) is 6.19. The van der Waals surface area contributed by atoms with E-state index in [-0.39, 0.29) is 11.4 Å². The summed E-state index contributed by atoms with van der Waals surface area (Å²) in [4.78, 5) is 21.7. The number of para-hydroxylation sites is 1. The number of nitrogens with zero attached hydrogens (tertiary/aromatic N) is 6. The molecule has 1 aliphatic carbocycles. The van der Waals surface area contributed by atoms with E-state index in [2.05, 4.69) is 30.3 Å². The zero-order chi connectivity index (χ0) is 26.1. The molecule has 2 aromatic heterocycles. The third kappa shape index (κ3) is 5.00. The topological polar surface area (TPSA) is 82.9 Å². The molecule has 2 aromatic carbocycles. The van der Waals surface area contributed by atoms with Gasteiger partial charge in [0.15, 0.2) is 5.82 Å². The van der Waals surface area contributed by atoms with Gasteiger partial charge in [0.1, 0.15) is 11.9 Å². The Kier molecular flexibility index (Phi) is 7.04. The van der Waals surface area contributed by atoms with E-state index in [4.69, 9.17) is 0 Å². The molecule has 0 spiro atoms. The van der Waals surface area contributed by atoms with Crippen LogP contribution in [0.25, 0.3) is 10.9 Å². The number of piperazine rings is 1. The first kappa shape index (κ1) is 24.9. The summed E-state index contributed by atoms with van der Waals surface area (Å²) in [7, 11) is 0. The maximum absolute atomic E-state index is 13.6. The Balaban J connectivity index is 1.36. The number of H-pyrrole nitrogens is 1. The van der Waals surface area contributed by atoms with Crippen molar-refractivity contribution < 1.29 is 4.39 Å². The quantitative estimate of drug-likeness (QED) is 0.417. The molecule has 2 aliphatic rings. The highest BCUT2D eigenvalue weighted by Gasteiger charge is 2.34. The molecule has 3 heterocycles. The number of benzene rings is 2. The molecule has 0 radical (unpaired) electrons. The van der Waals surface area contributed by atoms with Crippen molar-refractivity contribution in [3.63, 3.8) is 0 Å². The Labute approximate surface area is 221 Å². The number of tetrazole rings is 1. The minimum atomic E-state index is -0.396. The van der Waals surface area contributed by atoms with Crippen molar-refractivity contribution >= 4 is 10.9 Å². The van der Waals surface area contributed by atoms with Gasteiger partial charge in [-0.2, -0.15) is 0 Å². The number of aromatic nitrogens is 5. The van der Waals surface area contributed by atoms with Crippen LogP contribution in [0.15, 0.2) is 53.3 Å². The van der Waals surface area contributed by atoms with Crippen LogP contribution in [-0.4, -0.2) is 67.2 Å². The van der Waals surface area contributed by atoms with E-state index in [1.165, 1.54) is 44.2 Å². The normalized spacial score (nSPS) is 18.7. The summed E-state index contributed by atoms with van der Waals surface area (Å²) in [5.74, 6) is 0.343. The first-order valence-electron chi connectivity index (χ1n) is 13.7. The second-order valence-corrected chi connectivity index (χ2v) is 10.7. The van der Waals surface area contributed by atoms with Crippen molar-refractivity contribution in [3.05, 3.63) is 87.2 Å². The minimum Gasteiger partial charge on any atom is -0.321 e. The average molecular weight is 516 g/mol. The maximum atomic E-state index is 13.6. The number of nitrogens with one attached hydrogen (secondary N) is 1. The van der Waals surface area contributed by atoms with Crippen molar-refractivity contribution in [2.24, 2.45) is 0 Å². The zero-order valence-electron chi connectivity index (χ0n) is 21.8. The summed E-state index contributed by atoms with van der Waals surface area (Å²) in [5, 5.41) is 13.7. The lowest BCUT2D eigenvalue weighted by molar-refractivity contribution is 0.0618. The van der Waals surface area contributed by atoms with E-state index in [0.29, 0.717) is 24.0 Å². The fraction of sp³-hybridized carbons (Fsp3) is 0.448. The lowest BCUT2D eigenvalue weighted by Gasteiger charge is -2.43. The van der Waals surface area contributed by atoms with Gasteiger partial charge in [0.2, 0.25) is 0 Å². The van der Waals surface area contributed by atoms with Crippen LogP contribution in [0.3, 0.4) is 0 Å². The van der Waals surface area contributed by atoms with E-state index in [1.54, 1.807) is 16.8 Å². The number of hydrogen-bond acceptors (Lipinski definition) is 6. The van der Waals surface area contributed by atoms with Crippen LogP contribution in [-0.2, 0) is 6.54 Å². The van der Waals surface area contributed by atoms with Crippen LogP contribution < -0.4 is 5.56 Å². The Morgan fingerprint density at radius 1 is 1.03 bits per heavy atom. The van der Waals surface area contributed by atoms with Gasteiger partial charge in [-0.25, -0.2) is 9.07 Å². The molecule has 1 atom stereocenters. The monoisotopic (exact) mass is 515 g/mol. The van der Waals surface area contributed by atoms with Gasteiger partial charge in [-0.15, -0.1) is 5.10 Å². The molecule has 9 heteroatoms. The van der Waals surface area contributed by atoms with Crippen LogP contribution >= 0.6 is 0 Å². The van der Waals surface area contributed by atoms with E-state index < -0.39 is 6.04 Å². The average Bonchev–Trinajstić information content (AvgIpc) is 3.39. The Morgan fingerprint density at radius 2 is 1.79 bits per heavy atom. The summed E-state index contributed by atoms with van der Waals surface area (Å²) in [6, 6.07) is 14.7. The van der Waals surface area contributed by atoms with Gasteiger partial charge >= 0.3 is 0 Å². The molecule has 198 valence electrons. The smallest absolute Gasteiger partial charge is 0.253 e. The molecular weight excluding hydrogens is 481 g/mol. The molecule has 6 rings (SSSR count). The first-order chi connectivity index (χ1) is 18.6. The molecule has 38 heavy (non-hydrogen) atoms. The lowest BCUT2D eigenvalue weighted by atomic mass is 9.93. The number of aryl methyl sites for hydroxylation is 1. The second kappa shape index (κ2) is 10.7. The summed E-state index contributed by atoms with van der Waals surface area (Å²) in [6.45, 7) is 5.98. The van der Waals surface area contributed by atoms with E-state index in [0.717, 1.165) is 48.2 Å². The number of halogens is 1. The molecule has 8 nitrogen and oxygen atoms in total. The third-order valence-electron chi connectivity index (χ3n) is 8.27. The Hall–Kier alpha value is -3.43. The highest BCUT2D eigenvalue weighted by atomic mass is 19.1. The third-order valence-corrected chi connectivity index (χ3v) is 8.27. The molecule has 1 N–H and O–H groups in total. The lowest BCUT2D eigenvalue weighted by Crippen LogP contribution is -2.52. The summed E-state index contributed by atoms with van der Waals surface area (Å²) in [5.41, 5.74) is 3.30. The molecule has 1 aliphatic heterocycles. The highest BCUT2D eigenvalue weighted by molar-refractivity contribution is 5.82. The van der Waals surface area contributed by atoms with Gasteiger partial charge in [0.05, 0.1) is 12.1 Å². The van der Waals surface area contributed by atoms with Crippen molar-refractivity contribution in [1.82, 2.24) is 35.0 Å². The van der Waals surface area contributed by atoms with Gasteiger partial charge < -0.3 is 4.98 Å². The van der Waals surface area contributed by atoms with Crippen molar-refractivity contribution in [2.45, 2.75) is 57.7 Å². The van der Waals surface area contributed by atoms with Gasteiger partial charge in [-0.1, -0.05) is 49.6 Å². The van der Waals surface area contributed by atoms with Crippen molar-refractivity contribution in [3.8, 4) is 0 Å². The number of hydrogen-bond donors (Lipinski definition) is 1. The van der Waals surface area contributed by atoms with Crippen LogP contribution in [0.5, 0.6) is 0 Å². The predicted octanol–water partition coefficient (Wildman–Crippen LogP) is 4.05. The van der Waals surface area contributed by atoms with Crippen molar-refractivity contribution in [1.29, 1.82) is 0 Å². The SMILES string of the molecule is Cc1cccc2cc(C(c3nnnn3Cc3ccc(F)cc3)N3CCN(C4CCCCC4)CC3)c(=O)[nH]c12. The maximum Gasteiger partial charge on any atom is 0.253 e. The molecule has 1 saturated carbocycles. The van der Waals surface area contributed by atoms with E-state index in [1.807, 2.05) is 31.2 Å². The molecular formula is C29H34FN7O. The fourth-order valence-electron chi connectivity index (χ4n) is 6.19. The van der Waals surface area contributed by atoms with Crippen LogP contribution in [0.1, 0.15) is 60.7 Å². The molecule has 4 aromatic rings. The Morgan fingerprint density at radius 3 is 2.55 bits per heavy atom. The summed E-state index contributed by atoms with van der Waals surface area (Å²) < 4.78 is 15.2. The zero-order valence-corrected chi connectivity index (χ0v) is 21.8. The molecule has 1 unspecified atom stereocenters. The van der Waals surface area contributed by atoms with Crippen molar-refractivity contribution in [2.75, 3.05) is 26.2 Å². The minimum absolute atomic E-state index is 0.122. The van der Waals surface area contributed by atoms with Gasteiger partial charge in [0, 0.05) is 37.8 Å². The largest absolute Gasteiger partial charge is 0.321 e. The van der Waals surface area contributed by atoms with Crippen LogP contribution in [0.4, 0.5) is 4.39 Å². The van der Waals surface area contributed by atoms with Crippen LogP contribution in [0, 0.1) is 12.7 Å². The predicted molar refractivity (Wildman–Crippen MR) is 144 cm³/mol. The molecule has 2 fully saturated rings. The van der Waals surface area contributed by atoms with E-state index >= 15 is 0 Å². The number of pyridine rings is 1. The van der Waals surface area contributed by atoms with Crippen LogP contribution in [0.2, 0.25) is 0 Å². The summed E-state index contributed by atoms with van der Waals surface area (Å²) >= 11 is 0. The van der Waals surface area contributed by atoms with E-state index in [9.17, 15) is 9.18 Å². The first-order valence-corrected chi connectivity index (χ1v) is 13.7. The molecule has 0 amide bonds. The van der Waals surface area contributed by atoms with Gasteiger partial charge in [-0.05, 0) is 64.9 Å².